The third-order valence-corrected chi connectivity index (χ3v) is 2.87. The van der Waals surface area contributed by atoms with Gasteiger partial charge in [0.2, 0.25) is 0 Å². The highest BCUT2D eigenvalue weighted by Gasteiger charge is 2.14. The van der Waals surface area contributed by atoms with E-state index in [-0.39, 0.29) is 6.04 Å². The lowest BCUT2D eigenvalue weighted by Crippen LogP contribution is -2.23. The summed E-state index contributed by atoms with van der Waals surface area (Å²) in [5.74, 6) is 0. The highest BCUT2D eigenvalue weighted by atomic mass is 14.6. The van der Waals surface area contributed by atoms with E-state index in [1.54, 1.807) is 0 Å². The zero-order valence-corrected chi connectivity index (χ0v) is 8.66. The molecule has 1 atom stereocenters. The molecule has 0 bridgehead atoms. The Balaban J connectivity index is 2.29. The van der Waals surface area contributed by atoms with Crippen LogP contribution in [0.25, 0.3) is 5.57 Å². The predicted octanol–water partition coefficient (Wildman–Crippen LogP) is 2.89. The average Bonchev–Trinajstić information content (AvgIpc) is 2.20. The van der Waals surface area contributed by atoms with Crippen LogP contribution >= 0.6 is 0 Å². The number of rotatable bonds is 1. The lowest BCUT2D eigenvalue weighted by Gasteiger charge is -2.20. The van der Waals surface area contributed by atoms with Gasteiger partial charge in [0.25, 0.3) is 0 Å². The molecule has 0 fully saturated rings. The monoisotopic (exact) mass is 187 g/mol. The molecular formula is C13H17N. The summed E-state index contributed by atoms with van der Waals surface area (Å²) in [5, 5.41) is 0. The van der Waals surface area contributed by atoms with Crippen LogP contribution in [-0.2, 0) is 0 Å². The van der Waals surface area contributed by atoms with Crippen molar-refractivity contribution in [1.82, 2.24) is 0 Å². The molecule has 0 aliphatic heterocycles. The zero-order chi connectivity index (χ0) is 9.97. The second-order valence-electron chi connectivity index (χ2n) is 4.06. The first-order valence-corrected chi connectivity index (χ1v) is 5.30. The van der Waals surface area contributed by atoms with Gasteiger partial charge in [-0.05, 0) is 37.3 Å². The fourth-order valence-corrected chi connectivity index (χ4v) is 1.98. The summed E-state index contributed by atoms with van der Waals surface area (Å²) >= 11 is 0. The number of nitrogens with two attached hydrogens (primary N) is 1. The van der Waals surface area contributed by atoms with Crippen LogP contribution in [0.3, 0.4) is 0 Å². The number of aryl methyl sites for hydroxylation is 1. The van der Waals surface area contributed by atoms with Gasteiger partial charge in [0, 0.05) is 6.04 Å². The van der Waals surface area contributed by atoms with Gasteiger partial charge in [0.15, 0.2) is 0 Å². The van der Waals surface area contributed by atoms with Crippen LogP contribution in [-0.4, -0.2) is 6.04 Å². The largest absolute Gasteiger partial charge is 0.324 e. The maximum atomic E-state index is 6.08. The fraction of sp³-hybridized carbons (Fsp3) is 0.385. The minimum absolute atomic E-state index is 0.242. The molecule has 0 saturated heterocycles. The molecule has 1 unspecified atom stereocenters. The molecule has 1 aliphatic carbocycles. The van der Waals surface area contributed by atoms with Crippen LogP contribution in [0.4, 0.5) is 0 Å². The van der Waals surface area contributed by atoms with Crippen LogP contribution < -0.4 is 5.73 Å². The van der Waals surface area contributed by atoms with Crippen LogP contribution in [0, 0.1) is 6.92 Å². The molecule has 2 rings (SSSR count). The van der Waals surface area contributed by atoms with Crippen molar-refractivity contribution in [2.75, 3.05) is 0 Å². The van der Waals surface area contributed by atoms with Crippen molar-refractivity contribution in [3.63, 3.8) is 0 Å². The van der Waals surface area contributed by atoms with E-state index in [0.717, 1.165) is 6.42 Å². The van der Waals surface area contributed by atoms with E-state index in [1.807, 2.05) is 0 Å². The molecule has 0 radical (unpaired) electrons. The Morgan fingerprint density at radius 3 is 2.57 bits per heavy atom. The van der Waals surface area contributed by atoms with Gasteiger partial charge in [-0.2, -0.15) is 0 Å². The number of hydrogen-bond acceptors (Lipinski definition) is 1. The van der Waals surface area contributed by atoms with Crippen molar-refractivity contribution in [3.05, 3.63) is 41.5 Å². The lowest BCUT2D eigenvalue weighted by atomic mass is 9.89. The third-order valence-electron chi connectivity index (χ3n) is 2.87. The summed E-state index contributed by atoms with van der Waals surface area (Å²) < 4.78 is 0. The van der Waals surface area contributed by atoms with Gasteiger partial charge in [-0.1, -0.05) is 35.9 Å². The van der Waals surface area contributed by atoms with Gasteiger partial charge >= 0.3 is 0 Å². The number of hydrogen-bond donors (Lipinski definition) is 1. The van der Waals surface area contributed by atoms with Crippen molar-refractivity contribution in [2.24, 2.45) is 5.73 Å². The molecule has 1 nitrogen and oxygen atoms in total. The standard InChI is InChI=1S/C13H17N/c1-10-6-8-11(9-7-10)12-4-2-3-5-13(12)14/h4,6-9,13H,2-3,5,14H2,1H3. The Kier molecular flexibility index (Phi) is 2.69. The van der Waals surface area contributed by atoms with E-state index < -0.39 is 0 Å². The van der Waals surface area contributed by atoms with Gasteiger partial charge in [0.05, 0.1) is 0 Å². The van der Waals surface area contributed by atoms with E-state index in [0.29, 0.717) is 0 Å². The Labute approximate surface area is 85.6 Å². The molecule has 1 aliphatic rings. The maximum Gasteiger partial charge on any atom is 0.0297 e. The van der Waals surface area contributed by atoms with Gasteiger partial charge < -0.3 is 5.73 Å². The molecule has 74 valence electrons. The third kappa shape index (κ3) is 1.88. The van der Waals surface area contributed by atoms with Crippen molar-refractivity contribution < 1.29 is 0 Å². The number of allylic oxidation sites excluding steroid dienone is 1. The van der Waals surface area contributed by atoms with E-state index in [2.05, 4.69) is 37.3 Å². The molecule has 2 N–H and O–H groups in total. The van der Waals surface area contributed by atoms with Gasteiger partial charge in [-0.15, -0.1) is 0 Å². The van der Waals surface area contributed by atoms with E-state index in [4.69, 9.17) is 5.73 Å². The number of benzene rings is 1. The van der Waals surface area contributed by atoms with Crippen LogP contribution in [0.2, 0.25) is 0 Å². The molecule has 0 saturated carbocycles. The Morgan fingerprint density at radius 1 is 1.21 bits per heavy atom. The fourth-order valence-electron chi connectivity index (χ4n) is 1.98. The summed E-state index contributed by atoms with van der Waals surface area (Å²) in [6.07, 6.45) is 5.83. The van der Waals surface area contributed by atoms with Crippen LogP contribution in [0.15, 0.2) is 30.3 Å². The summed E-state index contributed by atoms with van der Waals surface area (Å²) in [6, 6.07) is 8.89. The summed E-state index contributed by atoms with van der Waals surface area (Å²) in [5.41, 5.74) is 10.0. The molecular weight excluding hydrogens is 170 g/mol. The highest BCUT2D eigenvalue weighted by molar-refractivity contribution is 5.70. The SMILES string of the molecule is Cc1ccc(C2=CCCCC2N)cc1. The first-order valence-electron chi connectivity index (χ1n) is 5.30. The molecule has 0 amide bonds. The second-order valence-corrected chi connectivity index (χ2v) is 4.06. The minimum Gasteiger partial charge on any atom is -0.324 e. The Bertz CT molecular complexity index is 335. The molecule has 1 aromatic rings. The molecule has 1 heteroatoms. The highest BCUT2D eigenvalue weighted by Crippen LogP contribution is 2.25. The summed E-state index contributed by atoms with van der Waals surface area (Å²) in [4.78, 5) is 0. The van der Waals surface area contributed by atoms with Gasteiger partial charge in [-0.3, -0.25) is 0 Å². The van der Waals surface area contributed by atoms with Crippen LogP contribution in [0.1, 0.15) is 30.4 Å². The van der Waals surface area contributed by atoms with Crippen LogP contribution in [0.5, 0.6) is 0 Å². The summed E-state index contributed by atoms with van der Waals surface area (Å²) in [7, 11) is 0. The van der Waals surface area contributed by atoms with Crippen molar-refractivity contribution >= 4 is 5.57 Å². The molecule has 1 aromatic carbocycles. The minimum atomic E-state index is 0.242. The van der Waals surface area contributed by atoms with Crippen molar-refractivity contribution in [3.8, 4) is 0 Å². The van der Waals surface area contributed by atoms with Crippen molar-refractivity contribution in [2.45, 2.75) is 32.2 Å². The maximum absolute atomic E-state index is 6.08. The Hall–Kier alpha value is -1.08. The topological polar surface area (TPSA) is 26.0 Å². The quantitative estimate of drug-likeness (QED) is 0.718. The van der Waals surface area contributed by atoms with E-state index in [1.165, 1.54) is 29.5 Å². The van der Waals surface area contributed by atoms with Crippen molar-refractivity contribution in [1.29, 1.82) is 0 Å². The smallest absolute Gasteiger partial charge is 0.0297 e. The first kappa shape index (κ1) is 9.47. The normalized spacial score (nSPS) is 21.9. The van der Waals surface area contributed by atoms with Gasteiger partial charge in [0.1, 0.15) is 0 Å². The van der Waals surface area contributed by atoms with E-state index >= 15 is 0 Å². The second kappa shape index (κ2) is 3.97. The van der Waals surface area contributed by atoms with E-state index in [9.17, 15) is 0 Å². The zero-order valence-electron chi connectivity index (χ0n) is 8.66. The predicted molar refractivity (Wildman–Crippen MR) is 61.0 cm³/mol. The lowest BCUT2D eigenvalue weighted by molar-refractivity contribution is 0.660. The molecule has 0 heterocycles. The summed E-state index contributed by atoms with van der Waals surface area (Å²) in [6.45, 7) is 2.11. The first-order chi connectivity index (χ1) is 6.77. The molecule has 0 aromatic heterocycles. The van der Waals surface area contributed by atoms with Gasteiger partial charge in [-0.25, -0.2) is 0 Å². The Morgan fingerprint density at radius 2 is 1.93 bits per heavy atom. The molecule has 14 heavy (non-hydrogen) atoms. The average molecular weight is 187 g/mol. The molecule has 0 spiro atoms.